The zero-order chi connectivity index (χ0) is 14.7. The van der Waals surface area contributed by atoms with Gasteiger partial charge in [0.25, 0.3) is 5.88 Å². The summed E-state index contributed by atoms with van der Waals surface area (Å²) in [4.78, 5) is 22.5. The normalized spacial score (nSPS) is 18.4. The fraction of sp³-hybridized carbons (Fsp3) is 0.667. The average Bonchev–Trinajstić information content (AvgIpc) is 2.98. The molecule has 0 atom stereocenters. The Kier molecular flexibility index (Phi) is 4.22. The molecular weight excluding hydrogens is 270 g/mol. The monoisotopic (exact) mass is 291 g/mol. The standard InChI is InChI=1S/C15H21N3O3/c1-20-15(19)12-9-16-13(18-7-2-3-8-18)14(17-12)21-10-11-5-4-6-11/h9,11H,2-8,10H2,1H3. The molecule has 0 spiro atoms. The molecule has 0 radical (unpaired) electrons. The summed E-state index contributed by atoms with van der Waals surface area (Å²) in [5, 5.41) is 0. The van der Waals surface area contributed by atoms with E-state index in [0.29, 0.717) is 18.4 Å². The Balaban J connectivity index is 1.80. The molecule has 1 aliphatic carbocycles. The molecule has 6 heteroatoms. The molecule has 1 aliphatic heterocycles. The third kappa shape index (κ3) is 3.09. The van der Waals surface area contributed by atoms with E-state index in [0.717, 1.165) is 31.7 Å². The quantitative estimate of drug-likeness (QED) is 0.774. The van der Waals surface area contributed by atoms with E-state index in [4.69, 9.17) is 9.47 Å². The van der Waals surface area contributed by atoms with Crippen molar-refractivity contribution in [3.63, 3.8) is 0 Å². The first kappa shape index (κ1) is 14.1. The van der Waals surface area contributed by atoms with Gasteiger partial charge in [-0.25, -0.2) is 14.8 Å². The van der Waals surface area contributed by atoms with Crippen LogP contribution in [-0.2, 0) is 4.74 Å². The van der Waals surface area contributed by atoms with E-state index < -0.39 is 5.97 Å². The Bertz CT molecular complexity index is 511. The second-order valence-corrected chi connectivity index (χ2v) is 5.68. The van der Waals surface area contributed by atoms with Crippen LogP contribution in [-0.4, -0.2) is 42.7 Å². The third-order valence-corrected chi connectivity index (χ3v) is 4.20. The van der Waals surface area contributed by atoms with E-state index in [-0.39, 0.29) is 5.69 Å². The average molecular weight is 291 g/mol. The van der Waals surface area contributed by atoms with Crippen LogP contribution in [0, 0.1) is 5.92 Å². The molecule has 1 saturated carbocycles. The lowest BCUT2D eigenvalue weighted by Crippen LogP contribution is -2.24. The predicted molar refractivity (Wildman–Crippen MR) is 77.7 cm³/mol. The van der Waals surface area contributed by atoms with Crippen LogP contribution in [0.3, 0.4) is 0 Å². The number of nitrogens with zero attached hydrogens (tertiary/aromatic N) is 3. The number of hydrogen-bond donors (Lipinski definition) is 0. The van der Waals surface area contributed by atoms with Crippen molar-refractivity contribution < 1.29 is 14.3 Å². The number of anilines is 1. The second-order valence-electron chi connectivity index (χ2n) is 5.68. The van der Waals surface area contributed by atoms with Crippen LogP contribution >= 0.6 is 0 Å². The van der Waals surface area contributed by atoms with Crippen LogP contribution in [0.2, 0.25) is 0 Å². The van der Waals surface area contributed by atoms with Crippen LogP contribution in [0.1, 0.15) is 42.6 Å². The molecule has 114 valence electrons. The summed E-state index contributed by atoms with van der Waals surface area (Å²) in [5.41, 5.74) is 0.198. The van der Waals surface area contributed by atoms with Gasteiger partial charge in [0, 0.05) is 13.1 Å². The van der Waals surface area contributed by atoms with Crippen molar-refractivity contribution in [3.05, 3.63) is 11.9 Å². The Labute approximate surface area is 124 Å². The van der Waals surface area contributed by atoms with Crippen molar-refractivity contribution >= 4 is 11.8 Å². The van der Waals surface area contributed by atoms with Gasteiger partial charge in [0.1, 0.15) is 0 Å². The van der Waals surface area contributed by atoms with Gasteiger partial charge >= 0.3 is 5.97 Å². The molecule has 0 amide bonds. The Morgan fingerprint density at radius 3 is 2.71 bits per heavy atom. The number of esters is 1. The second kappa shape index (κ2) is 6.28. The SMILES string of the molecule is COC(=O)c1cnc(N2CCCC2)c(OCC2CCC2)n1. The summed E-state index contributed by atoms with van der Waals surface area (Å²) in [6.07, 6.45) is 7.48. The number of methoxy groups -OCH3 is 1. The van der Waals surface area contributed by atoms with Gasteiger partial charge in [-0.05, 0) is 31.6 Å². The molecule has 2 fully saturated rings. The fourth-order valence-corrected chi connectivity index (χ4v) is 2.67. The summed E-state index contributed by atoms with van der Waals surface area (Å²) < 4.78 is 10.6. The highest BCUT2D eigenvalue weighted by Crippen LogP contribution is 2.30. The third-order valence-electron chi connectivity index (χ3n) is 4.20. The van der Waals surface area contributed by atoms with E-state index in [1.54, 1.807) is 0 Å². The molecular formula is C15H21N3O3. The van der Waals surface area contributed by atoms with E-state index in [9.17, 15) is 4.79 Å². The molecule has 0 bridgehead atoms. The van der Waals surface area contributed by atoms with Gasteiger partial charge in [0.2, 0.25) is 0 Å². The first-order chi connectivity index (χ1) is 10.3. The number of carbonyl (C=O) groups is 1. The summed E-state index contributed by atoms with van der Waals surface area (Å²) in [6, 6.07) is 0. The van der Waals surface area contributed by atoms with Gasteiger partial charge in [-0.15, -0.1) is 0 Å². The maximum Gasteiger partial charge on any atom is 0.358 e. The van der Waals surface area contributed by atoms with E-state index in [1.807, 2.05) is 0 Å². The first-order valence-electron chi connectivity index (χ1n) is 7.61. The minimum absolute atomic E-state index is 0.198. The van der Waals surface area contributed by atoms with Crippen molar-refractivity contribution in [1.29, 1.82) is 0 Å². The van der Waals surface area contributed by atoms with E-state index in [2.05, 4.69) is 14.9 Å². The largest absolute Gasteiger partial charge is 0.475 e. The number of rotatable bonds is 5. The molecule has 1 aromatic heterocycles. The number of hydrogen-bond acceptors (Lipinski definition) is 6. The molecule has 6 nitrogen and oxygen atoms in total. The van der Waals surface area contributed by atoms with Gasteiger partial charge in [-0.3, -0.25) is 0 Å². The van der Waals surface area contributed by atoms with Gasteiger partial charge in [-0.1, -0.05) is 6.42 Å². The van der Waals surface area contributed by atoms with Crippen molar-refractivity contribution in [1.82, 2.24) is 9.97 Å². The summed E-state index contributed by atoms with van der Waals surface area (Å²) in [6.45, 7) is 2.58. The van der Waals surface area contributed by atoms with Crippen LogP contribution in [0.4, 0.5) is 5.82 Å². The van der Waals surface area contributed by atoms with Crippen molar-refractivity contribution in [2.45, 2.75) is 32.1 Å². The Hall–Kier alpha value is -1.85. The van der Waals surface area contributed by atoms with Crippen LogP contribution in [0.25, 0.3) is 0 Å². The van der Waals surface area contributed by atoms with E-state index in [1.165, 1.54) is 32.6 Å². The highest BCUT2D eigenvalue weighted by molar-refractivity contribution is 5.87. The lowest BCUT2D eigenvalue weighted by molar-refractivity contribution is 0.0591. The van der Waals surface area contributed by atoms with Crippen LogP contribution in [0.5, 0.6) is 5.88 Å². The fourth-order valence-electron chi connectivity index (χ4n) is 2.67. The van der Waals surface area contributed by atoms with Gasteiger partial charge < -0.3 is 14.4 Å². The van der Waals surface area contributed by atoms with Crippen molar-refractivity contribution in [2.24, 2.45) is 5.92 Å². The smallest absolute Gasteiger partial charge is 0.358 e. The summed E-state index contributed by atoms with van der Waals surface area (Å²) in [7, 11) is 1.34. The molecule has 3 rings (SSSR count). The van der Waals surface area contributed by atoms with Gasteiger partial charge in [-0.2, -0.15) is 0 Å². The van der Waals surface area contributed by atoms with Gasteiger partial charge in [0.15, 0.2) is 11.5 Å². The lowest BCUT2D eigenvalue weighted by Gasteiger charge is -2.26. The molecule has 1 saturated heterocycles. The molecule has 0 aromatic carbocycles. The lowest BCUT2D eigenvalue weighted by atomic mass is 9.86. The minimum Gasteiger partial charge on any atom is -0.475 e. The maximum atomic E-state index is 11.6. The maximum absolute atomic E-state index is 11.6. The summed E-state index contributed by atoms with van der Waals surface area (Å²) in [5.74, 6) is 1.34. The van der Waals surface area contributed by atoms with Crippen molar-refractivity contribution in [3.8, 4) is 5.88 Å². The van der Waals surface area contributed by atoms with Crippen molar-refractivity contribution in [2.75, 3.05) is 31.7 Å². The van der Waals surface area contributed by atoms with Gasteiger partial charge in [0.05, 0.1) is 19.9 Å². The molecule has 2 heterocycles. The van der Waals surface area contributed by atoms with E-state index >= 15 is 0 Å². The number of carbonyl (C=O) groups excluding carboxylic acids is 1. The molecule has 0 N–H and O–H groups in total. The highest BCUT2D eigenvalue weighted by Gasteiger charge is 2.24. The topological polar surface area (TPSA) is 64.5 Å². The number of ether oxygens (including phenoxy) is 2. The minimum atomic E-state index is -0.482. The Morgan fingerprint density at radius 2 is 2.10 bits per heavy atom. The first-order valence-corrected chi connectivity index (χ1v) is 7.61. The molecule has 0 unspecified atom stereocenters. The van der Waals surface area contributed by atoms with Crippen LogP contribution < -0.4 is 9.64 Å². The predicted octanol–water partition coefficient (Wildman–Crippen LogP) is 2.04. The molecule has 2 aliphatic rings. The highest BCUT2D eigenvalue weighted by atomic mass is 16.5. The summed E-state index contributed by atoms with van der Waals surface area (Å²) >= 11 is 0. The number of aromatic nitrogens is 2. The molecule has 21 heavy (non-hydrogen) atoms. The van der Waals surface area contributed by atoms with Crippen LogP contribution in [0.15, 0.2) is 6.20 Å². The Morgan fingerprint density at radius 1 is 1.33 bits per heavy atom. The molecule has 1 aromatic rings. The zero-order valence-corrected chi connectivity index (χ0v) is 12.4. The zero-order valence-electron chi connectivity index (χ0n) is 12.4.